The highest BCUT2D eigenvalue weighted by atomic mass is 16.5. The molecule has 4 nitrogen and oxygen atoms in total. The van der Waals surface area contributed by atoms with Gasteiger partial charge < -0.3 is 9.64 Å². The van der Waals surface area contributed by atoms with Crippen LogP contribution >= 0.6 is 0 Å². The predicted molar refractivity (Wildman–Crippen MR) is 104 cm³/mol. The third-order valence-electron chi connectivity index (χ3n) is 5.70. The Bertz CT molecular complexity index is 842. The number of fused-ring (bicyclic) bond motifs is 1. The minimum absolute atomic E-state index is 0.000166. The fourth-order valence-electron chi connectivity index (χ4n) is 3.89. The summed E-state index contributed by atoms with van der Waals surface area (Å²) >= 11 is 0. The van der Waals surface area contributed by atoms with Crippen LogP contribution in [0.25, 0.3) is 0 Å². The molecule has 1 amide bonds. The molecule has 0 N–H and O–H groups in total. The van der Waals surface area contributed by atoms with Crippen molar-refractivity contribution in [3.8, 4) is 5.75 Å². The molecular weight excluding hydrogens is 338 g/mol. The molecule has 1 saturated carbocycles. The molecule has 0 spiro atoms. The van der Waals surface area contributed by atoms with Crippen LogP contribution in [0.2, 0.25) is 0 Å². The van der Waals surface area contributed by atoms with Crippen LogP contribution in [-0.2, 0) is 17.8 Å². The molecule has 0 radical (unpaired) electrons. The number of hydrogen-bond acceptors (Lipinski definition) is 3. The first-order chi connectivity index (χ1) is 13.1. The molecule has 0 aromatic heterocycles. The molecule has 0 aliphatic heterocycles. The molecule has 0 saturated heterocycles. The zero-order valence-corrected chi connectivity index (χ0v) is 15.7. The van der Waals surface area contributed by atoms with E-state index in [2.05, 4.69) is 19.1 Å². The van der Waals surface area contributed by atoms with Crippen LogP contribution in [0.15, 0.2) is 48.5 Å². The van der Waals surface area contributed by atoms with Gasteiger partial charge in [0, 0.05) is 30.1 Å². The van der Waals surface area contributed by atoms with Crippen molar-refractivity contribution < 1.29 is 14.3 Å². The van der Waals surface area contributed by atoms with E-state index in [9.17, 15) is 9.59 Å². The average Bonchev–Trinajstić information content (AvgIpc) is 3.48. The van der Waals surface area contributed by atoms with Crippen molar-refractivity contribution in [1.29, 1.82) is 0 Å². The molecule has 2 aliphatic carbocycles. The summed E-state index contributed by atoms with van der Waals surface area (Å²) in [5.41, 5.74) is 2.82. The summed E-state index contributed by atoms with van der Waals surface area (Å²) in [5, 5.41) is 0. The zero-order valence-electron chi connectivity index (χ0n) is 15.7. The fraction of sp³-hybridized carbons (Fsp3) is 0.391. The molecule has 2 aliphatic rings. The van der Waals surface area contributed by atoms with Crippen LogP contribution in [0, 0.1) is 5.92 Å². The van der Waals surface area contributed by atoms with Crippen LogP contribution in [0.5, 0.6) is 5.75 Å². The quantitative estimate of drug-likeness (QED) is 0.746. The summed E-state index contributed by atoms with van der Waals surface area (Å²) in [6.45, 7) is 2.75. The highest BCUT2D eigenvalue weighted by Crippen LogP contribution is 2.36. The molecule has 2 aromatic carbocycles. The van der Waals surface area contributed by atoms with Gasteiger partial charge in [-0.05, 0) is 43.7 Å². The molecule has 27 heavy (non-hydrogen) atoms. The summed E-state index contributed by atoms with van der Waals surface area (Å²) in [6, 6.07) is 15.8. The molecule has 1 fully saturated rings. The Labute approximate surface area is 160 Å². The number of nitrogens with zero attached hydrogens (tertiary/aromatic N) is 1. The molecule has 0 bridgehead atoms. The van der Waals surface area contributed by atoms with E-state index in [0.29, 0.717) is 31.1 Å². The van der Waals surface area contributed by atoms with Gasteiger partial charge in [-0.25, -0.2) is 0 Å². The maximum atomic E-state index is 13.0. The Morgan fingerprint density at radius 2 is 1.89 bits per heavy atom. The number of carbonyl (C=O) groups is 2. The second-order valence-electron chi connectivity index (χ2n) is 7.58. The smallest absolute Gasteiger partial charge is 0.261 e. The standard InChI is InChI=1S/C23H25NO3/c1-16(18-10-11-18)24(14-17-6-3-2-4-7-17)23(26)15-27-22-9-5-8-19-20(22)12-13-21(19)25/h2-9,16,18H,10-15H2,1H3. The van der Waals surface area contributed by atoms with Gasteiger partial charge in [-0.3, -0.25) is 9.59 Å². The minimum Gasteiger partial charge on any atom is -0.483 e. The lowest BCUT2D eigenvalue weighted by atomic mass is 10.1. The van der Waals surface area contributed by atoms with Crippen molar-refractivity contribution in [2.24, 2.45) is 5.92 Å². The van der Waals surface area contributed by atoms with Gasteiger partial charge in [0.15, 0.2) is 12.4 Å². The summed E-state index contributed by atoms with van der Waals surface area (Å²) in [7, 11) is 0. The van der Waals surface area contributed by atoms with Crippen molar-refractivity contribution in [1.82, 2.24) is 4.90 Å². The van der Waals surface area contributed by atoms with Gasteiger partial charge in [0.1, 0.15) is 5.75 Å². The fourth-order valence-corrected chi connectivity index (χ4v) is 3.89. The monoisotopic (exact) mass is 363 g/mol. The number of amides is 1. The van der Waals surface area contributed by atoms with Crippen molar-refractivity contribution in [2.45, 2.75) is 45.2 Å². The summed E-state index contributed by atoms with van der Waals surface area (Å²) < 4.78 is 5.88. The maximum Gasteiger partial charge on any atom is 0.261 e. The van der Waals surface area contributed by atoms with Crippen molar-refractivity contribution >= 4 is 11.7 Å². The van der Waals surface area contributed by atoms with Gasteiger partial charge in [-0.1, -0.05) is 42.5 Å². The molecule has 140 valence electrons. The van der Waals surface area contributed by atoms with Gasteiger partial charge in [0.25, 0.3) is 5.91 Å². The van der Waals surface area contributed by atoms with E-state index in [-0.39, 0.29) is 24.3 Å². The molecule has 1 unspecified atom stereocenters. The van der Waals surface area contributed by atoms with E-state index >= 15 is 0 Å². The molecule has 4 rings (SSSR count). The minimum atomic E-state index is 0.000166. The Hall–Kier alpha value is -2.62. The van der Waals surface area contributed by atoms with Gasteiger partial charge in [-0.2, -0.15) is 0 Å². The molecule has 0 heterocycles. The Balaban J connectivity index is 1.46. The van der Waals surface area contributed by atoms with E-state index in [1.165, 1.54) is 12.8 Å². The number of Topliss-reactive ketones (excluding diaryl/α,β-unsaturated/α-hetero) is 1. The van der Waals surface area contributed by atoms with Crippen molar-refractivity contribution in [3.63, 3.8) is 0 Å². The first-order valence-corrected chi connectivity index (χ1v) is 9.75. The number of ketones is 1. The lowest BCUT2D eigenvalue weighted by Crippen LogP contribution is -2.42. The maximum absolute atomic E-state index is 13.0. The molecule has 4 heteroatoms. The third-order valence-corrected chi connectivity index (χ3v) is 5.70. The average molecular weight is 363 g/mol. The van der Waals surface area contributed by atoms with Gasteiger partial charge in [0.2, 0.25) is 0 Å². The second kappa shape index (κ2) is 7.55. The van der Waals surface area contributed by atoms with Crippen LogP contribution in [0.4, 0.5) is 0 Å². The third kappa shape index (κ3) is 3.90. The second-order valence-corrected chi connectivity index (χ2v) is 7.58. The van der Waals surface area contributed by atoms with Gasteiger partial charge >= 0.3 is 0 Å². The number of carbonyl (C=O) groups excluding carboxylic acids is 2. The summed E-state index contributed by atoms with van der Waals surface area (Å²) in [6.07, 6.45) is 3.61. The number of benzene rings is 2. The van der Waals surface area contributed by atoms with Crippen LogP contribution in [-0.4, -0.2) is 29.2 Å². The number of rotatable bonds is 7. The SMILES string of the molecule is CC(C1CC1)N(Cc1ccccc1)C(=O)COc1cccc2c1CCC2=O. The Morgan fingerprint density at radius 1 is 1.11 bits per heavy atom. The van der Waals surface area contributed by atoms with E-state index in [4.69, 9.17) is 4.74 Å². The Morgan fingerprint density at radius 3 is 2.63 bits per heavy atom. The first-order valence-electron chi connectivity index (χ1n) is 9.75. The van der Waals surface area contributed by atoms with E-state index in [1.807, 2.05) is 41.3 Å². The molecule has 2 aromatic rings. The lowest BCUT2D eigenvalue weighted by molar-refractivity contribution is -0.136. The van der Waals surface area contributed by atoms with Crippen LogP contribution in [0.1, 0.15) is 47.7 Å². The first kappa shape index (κ1) is 17.8. The highest BCUT2D eigenvalue weighted by molar-refractivity contribution is 6.01. The lowest BCUT2D eigenvalue weighted by Gasteiger charge is -2.29. The van der Waals surface area contributed by atoms with Gasteiger partial charge in [-0.15, -0.1) is 0 Å². The largest absolute Gasteiger partial charge is 0.483 e. The normalized spacial score (nSPS) is 16.7. The van der Waals surface area contributed by atoms with Crippen molar-refractivity contribution in [3.05, 3.63) is 65.2 Å². The van der Waals surface area contributed by atoms with E-state index in [0.717, 1.165) is 16.7 Å². The molecule has 1 atom stereocenters. The number of hydrogen-bond donors (Lipinski definition) is 0. The van der Waals surface area contributed by atoms with Crippen LogP contribution < -0.4 is 4.74 Å². The highest BCUT2D eigenvalue weighted by Gasteiger charge is 2.34. The van der Waals surface area contributed by atoms with Crippen LogP contribution in [0.3, 0.4) is 0 Å². The van der Waals surface area contributed by atoms with E-state index in [1.54, 1.807) is 0 Å². The molecular formula is C23H25NO3. The summed E-state index contributed by atoms with van der Waals surface area (Å²) in [4.78, 5) is 26.8. The van der Waals surface area contributed by atoms with Gasteiger partial charge in [0.05, 0.1) is 0 Å². The van der Waals surface area contributed by atoms with E-state index < -0.39 is 0 Å². The Kier molecular flexibility index (Phi) is 4.97. The van der Waals surface area contributed by atoms with Crippen molar-refractivity contribution in [2.75, 3.05) is 6.61 Å². The number of ether oxygens (including phenoxy) is 1. The predicted octanol–water partition coefficient (Wildman–Crippen LogP) is 4.02. The topological polar surface area (TPSA) is 46.6 Å². The summed E-state index contributed by atoms with van der Waals surface area (Å²) in [5.74, 6) is 1.43. The zero-order chi connectivity index (χ0) is 18.8.